The highest BCUT2D eigenvalue weighted by atomic mass is 32.1. The van der Waals surface area contributed by atoms with E-state index in [1.807, 2.05) is 0 Å². The Balaban J connectivity index is 3.36. The molecule has 0 heterocycles. The molecule has 0 unspecified atom stereocenters. The van der Waals surface area contributed by atoms with Gasteiger partial charge in [-0.15, -0.1) is 0 Å². The van der Waals surface area contributed by atoms with E-state index >= 15 is 0 Å². The average Bonchev–Trinajstić information content (AvgIpc) is 1.68. The van der Waals surface area contributed by atoms with Crippen LogP contribution in [-0.2, 0) is 4.74 Å². The van der Waals surface area contributed by atoms with Crippen molar-refractivity contribution in [3.8, 4) is 0 Å². The number of hydrogen-bond acceptors (Lipinski definition) is 2. The molecule has 0 fully saturated rings. The molecule has 1 nitrogen and oxygen atoms in total. The molecule has 0 N–H and O–H groups in total. The second kappa shape index (κ2) is 3.56. The largest absolute Gasteiger partial charge is 0.454 e. The summed E-state index contributed by atoms with van der Waals surface area (Å²) in [6, 6.07) is 0. The number of thiocarbonyl (C=S) groups is 1. The maximum absolute atomic E-state index is 4.57. The Morgan fingerprint density at radius 1 is 1.57 bits per heavy atom. The lowest BCUT2D eigenvalue weighted by Gasteiger charge is -1.89. The van der Waals surface area contributed by atoms with E-state index in [4.69, 9.17) is 0 Å². The lowest BCUT2D eigenvalue weighted by Crippen LogP contribution is -1.86. The van der Waals surface area contributed by atoms with Crippen LogP contribution in [0.4, 0.5) is 0 Å². The van der Waals surface area contributed by atoms with Gasteiger partial charge in [0.05, 0.1) is 6.26 Å². The quantitative estimate of drug-likeness (QED) is 0.307. The van der Waals surface area contributed by atoms with Crippen molar-refractivity contribution in [2.24, 2.45) is 0 Å². The zero-order valence-corrected chi connectivity index (χ0v) is 4.70. The molecular weight excluding hydrogens is 108 g/mol. The van der Waals surface area contributed by atoms with Crippen molar-refractivity contribution >= 4 is 17.3 Å². The first kappa shape index (κ1) is 6.37. The van der Waals surface area contributed by atoms with Crippen LogP contribution in [0.5, 0.6) is 0 Å². The van der Waals surface area contributed by atoms with Gasteiger partial charge in [-0.1, -0.05) is 13.2 Å². The van der Waals surface area contributed by atoms with E-state index in [1.165, 1.54) is 12.3 Å². The van der Waals surface area contributed by atoms with Crippen LogP contribution in [0.3, 0.4) is 0 Å². The molecule has 7 heavy (non-hydrogen) atoms. The number of rotatable bonds is 2. The lowest BCUT2D eigenvalue weighted by molar-refractivity contribution is 0.491. The molecule has 0 saturated carbocycles. The summed E-state index contributed by atoms with van der Waals surface area (Å²) in [6.07, 6.45) is 2.71. The normalized spacial score (nSPS) is 6.86. The molecule has 0 aliphatic rings. The van der Waals surface area contributed by atoms with Crippen LogP contribution in [-0.4, -0.2) is 5.05 Å². The third-order valence-corrected chi connectivity index (χ3v) is 0.629. The summed E-state index contributed by atoms with van der Waals surface area (Å²) in [6.45, 7) is 6.66. The zero-order valence-electron chi connectivity index (χ0n) is 3.89. The lowest BCUT2D eigenvalue weighted by atomic mass is 10.7. The highest BCUT2D eigenvalue weighted by Crippen LogP contribution is 1.80. The first-order valence-corrected chi connectivity index (χ1v) is 2.16. The average molecular weight is 114 g/mol. The number of hydrogen-bond donors (Lipinski definition) is 0. The predicted octanol–water partition coefficient (Wildman–Crippen LogP) is 1.66. The van der Waals surface area contributed by atoms with Crippen molar-refractivity contribution in [3.05, 3.63) is 25.5 Å². The monoisotopic (exact) mass is 114 g/mol. The Labute approximate surface area is 48.3 Å². The zero-order chi connectivity index (χ0) is 5.70. The van der Waals surface area contributed by atoms with Gasteiger partial charge < -0.3 is 4.74 Å². The molecule has 0 aliphatic carbocycles. The van der Waals surface area contributed by atoms with E-state index in [2.05, 4.69) is 30.1 Å². The Bertz CT molecular complexity index is 96.3. The minimum Gasteiger partial charge on any atom is -0.454 e. The topological polar surface area (TPSA) is 9.23 Å². The molecule has 0 aromatic rings. The van der Waals surface area contributed by atoms with Crippen LogP contribution in [0.1, 0.15) is 0 Å². The van der Waals surface area contributed by atoms with Crippen LogP contribution >= 0.6 is 12.2 Å². The van der Waals surface area contributed by atoms with Crippen LogP contribution in [0.15, 0.2) is 25.5 Å². The molecule has 0 saturated heterocycles. The van der Waals surface area contributed by atoms with Gasteiger partial charge in [0.25, 0.3) is 0 Å². The fraction of sp³-hybridized carbons (Fsp3) is 0. The van der Waals surface area contributed by atoms with Crippen LogP contribution in [0, 0.1) is 0 Å². The molecule has 0 rings (SSSR count). The molecule has 0 atom stereocenters. The van der Waals surface area contributed by atoms with Crippen molar-refractivity contribution in [2.45, 2.75) is 0 Å². The summed E-state index contributed by atoms with van der Waals surface area (Å²) < 4.78 is 4.57. The Morgan fingerprint density at radius 3 is 2.29 bits per heavy atom. The molecule has 0 amide bonds. The summed E-state index contributed by atoms with van der Waals surface area (Å²) in [4.78, 5) is 0. The molecule has 0 spiro atoms. The van der Waals surface area contributed by atoms with E-state index in [0.29, 0.717) is 5.05 Å². The highest BCUT2D eigenvalue weighted by molar-refractivity contribution is 7.80. The van der Waals surface area contributed by atoms with Crippen molar-refractivity contribution in [2.75, 3.05) is 0 Å². The standard InChI is InChI=1S/C5H6OS/c1-3-5(7)6-4-2/h3-4H,1-2H2. The molecule has 0 aliphatic heterocycles. The van der Waals surface area contributed by atoms with E-state index in [9.17, 15) is 0 Å². The van der Waals surface area contributed by atoms with Crippen molar-refractivity contribution in [3.63, 3.8) is 0 Å². The first-order valence-electron chi connectivity index (χ1n) is 1.75. The summed E-state index contributed by atoms with van der Waals surface area (Å²) >= 11 is 4.54. The van der Waals surface area contributed by atoms with E-state index in [-0.39, 0.29) is 0 Å². The van der Waals surface area contributed by atoms with Gasteiger partial charge in [-0.05, 0) is 18.3 Å². The minimum absolute atomic E-state index is 0.356. The van der Waals surface area contributed by atoms with Gasteiger partial charge in [-0.2, -0.15) is 0 Å². The van der Waals surface area contributed by atoms with E-state index < -0.39 is 0 Å². The summed E-state index contributed by atoms with van der Waals surface area (Å²) in [5, 5.41) is 0.356. The molecule has 2 heteroatoms. The first-order chi connectivity index (χ1) is 3.31. The summed E-state index contributed by atoms with van der Waals surface area (Å²) in [7, 11) is 0. The third kappa shape index (κ3) is 3.19. The van der Waals surface area contributed by atoms with Crippen molar-refractivity contribution < 1.29 is 4.74 Å². The van der Waals surface area contributed by atoms with Gasteiger partial charge in [-0.3, -0.25) is 0 Å². The highest BCUT2D eigenvalue weighted by Gasteiger charge is 1.78. The predicted molar refractivity (Wildman–Crippen MR) is 34.1 cm³/mol. The summed E-state index contributed by atoms with van der Waals surface area (Å²) in [5.74, 6) is 0. The van der Waals surface area contributed by atoms with E-state index in [1.54, 1.807) is 0 Å². The number of ether oxygens (including phenoxy) is 1. The second-order valence-corrected chi connectivity index (χ2v) is 1.21. The van der Waals surface area contributed by atoms with E-state index in [0.717, 1.165) is 0 Å². The SMILES string of the molecule is C=COC(=S)C=C. The summed E-state index contributed by atoms with van der Waals surface area (Å²) in [5.41, 5.74) is 0. The smallest absolute Gasteiger partial charge is 0.189 e. The molecule has 0 bridgehead atoms. The van der Waals surface area contributed by atoms with Crippen LogP contribution < -0.4 is 0 Å². The van der Waals surface area contributed by atoms with Gasteiger partial charge in [0.1, 0.15) is 0 Å². The van der Waals surface area contributed by atoms with Gasteiger partial charge in [0.2, 0.25) is 0 Å². The third-order valence-electron chi connectivity index (χ3n) is 0.366. The Hall–Kier alpha value is -0.630. The Morgan fingerprint density at radius 2 is 2.14 bits per heavy atom. The molecule has 38 valence electrons. The fourth-order valence-corrected chi connectivity index (χ4v) is 0.198. The molecule has 0 radical (unpaired) electrons. The second-order valence-electron chi connectivity index (χ2n) is 0.808. The van der Waals surface area contributed by atoms with Crippen molar-refractivity contribution in [1.82, 2.24) is 0 Å². The van der Waals surface area contributed by atoms with Crippen LogP contribution in [0.2, 0.25) is 0 Å². The molecule has 0 aromatic heterocycles. The maximum Gasteiger partial charge on any atom is 0.189 e. The fourth-order valence-electron chi connectivity index (χ4n) is 0.130. The van der Waals surface area contributed by atoms with Crippen molar-refractivity contribution in [1.29, 1.82) is 0 Å². The minimum atomic E-state index is 0.356. The molecule has 0 aromatic carbocycles. The Kier molecular flexibility index (Phi) is 3.24. The van der Waals surface area contributed by atoms with Crippen LogP contribution in [0.25, 0.3) is 0 Å². The van der Waals surface area contributed by atoms with Gasteiger partial charge in [-0.25, -0.2) is 0 Å². The van der Waals surface area contributed by atoms with Gasteiger partial charge in [0, 0.05) is 0 Å². The molecular formula is C5H6OS. The van der Waals surface area contributed by atoms with Gasteiger partial charge >= 0.3 is 0 Å². The van der Waals surface area contributed by atoms with Gasteiger partial charge in [0.15, 0.2) is 5.05 Å². The maximum atomic E-state index is 4.57.